The molecule has 1 aromatic carbocycles. The van der Waals surface area contributed by atoms with Crippen LogP contribution < -0.4 is 5.73 Å². The normalized spacial score (nSPS) is 11.7. The Bertz CT molecular complexity index is 997. The number of anilines is 1. The van der Waals surface area contributed by atoms with Crippen LogP contribution in [0.15, 0.2) is 17.0 Å². The van der Waals surface area contributed by atoms with E-state index in [1.165, 1.54) is 6.07 Å². The molecule has 0 saturated heterocycles. The molecule has 0 aliphatic carbocycles. The number of hydrogen-bond acceptors (Lipinski definition) is 5. The van der Waals surface area contributed by atoms with Gasteiger partial charge in [-0.3, -0.25) is 0 Å². The fourth-order valence-electron chi connectivity index (χ4n) is 1.81. The third kappa shape index (κ3) is 7.43. The maximum Gasteiger partial charge on any atom is 0.446 e. The first-order valence-electron chi connectivity index (χ1n) is 7.11. The van der Waals surface area contributed by atoms with Crippen LogP contribution in [0.5, 0.6) is 0 Å². The zero-order valence-corrected chi connectivity index (χ0v) is 18.0. The smallest absolute Gasteiger partial charge is 0.446 e. The van der Waals surface area contributed by atoms with Gasteiger partial charge in [-0.05, 0) is 23.9 Å². The Kier molecular flexibility index (Phi) is 9.04. The monoisotopic (exact) mass is 548 g/mol. The van der Waals surface area contributed by atoms with Crippen LogP contribution in [0, 0.1) is 11.3 Å². The van der Waals surface area contributed by atoms with Crippen molar-refractivity contribution in [1.82, 2.24) is 9.78 Å². The van der Waals surface area contributed by atoms with Crippen LogP contribution in [0.25, 0.3) is 5.69 Å². The highest BCUT2D eigenvalue weighted by Crippen LogP contribution is 2.44. The van der Waals surface area contributed by atoms with Crippen LogP contribution in [0.2, 0.25) is 10.0 Å². The second-order valence-corrected chi connectivity index (χ2v) is 8.05. The molecule has 31 heavy (non-hydrogen) atoms. The van der Waals surface area contributed by atoms with E-state index in [1.807, 2.05) is 0 Å². The van der Waals surface area contributed by atoms with Gasteiger partial charge < -0.3 is 10.8 Å². The van der Waals surface area contributed by atoms with Crippen molar-refractivity contribution >= 4 is 70.0 Å². The van der Waals surface area contributed by atoms with E-state index >= 15 is 0 Å². The largest absolute Gasteiger partial charge is 0.479 e. The minimum atomic E-state index is -4.76. The van der Waals surface area contributed by atoms with Crippen molar-refractivity contribution in [2.45, 2.75) is 21.4 Å². The number of thioether (sulfide) groups is 1. The number of nitriles is 1. The number of rotatable bonds is 3. The number of alkyl halides is 8. The molecule has 2 rings (SSSR count). The lowest BCUT2D eigenvalue weighted by atomic mass is 10.2. The summed E-state index contributed by atoms with van der Waals surface area (Å²) in [5.41, 5.74) is -1.41. The molecule has 1 heterocycles. The third-order valence-electron chi connectivity index (χ3n) is 2.94. The molecule has 0 unspecified atom stereocenters. The second-order valence-electron chi connectivity index (χ2n) is 5.06. The highest BCUT2D eigenvalue weighted by atomic mass is 35.5. The van der Waals surface area contributed by atoms with Crippen LogP contribution in [0.3, 0.4) is 0 Å². The first-order valence-corrected chi connectivity index (χ1v) is 9.56. The van der Waals surface area contributed by atoms with Gasteiger partial charge in [-0.25, -0.2) is 9.48 Å². The van der Waals surface area contributed by atoms with Crippen LogP contribution in [0.1, 0.15) is 11.3 Å². The van der Waals surface area contributed by atoms with Gasteiger partial charge in [0, 0.05) is 0 Å². The van der Waals surface area contributed by atoms with Crippen molar-refractivity contribution in [1.29, 1.82) is 5.26 Å². The number of nitrogen functional groups attached to an aromatic ring is 1. The molecule has 17 heteroatoms. The molecule has 0 amide bonds. The topological polar surface area (TPSA) is 105 Å². The Morgan fingerprint density at radius 3 is 1.97 bits per heavy atom. The quantitative estimate of drug-likeness (QED) is 0.271. The van der Waals surface area contributed by atoms with Crippen LogP contribution >= 0.6 is 58.2 Å². The van der Waals surface area contributed by atoms with Gasteiger partial charge in [0.1, 0.15) is 17.6 Å². The summed E-state index contributed by atoms with van der Waals surface area (Å²) in [7, 11) is 0. The predicted octanol–water partition coefficient (Wildman–Crippen LogP) is 6.14. The van der Waals surface area contributed by atoms with Gasteiger partial charge >= 0.3 is 17.7 Å². The molecule has 0 atom stereocenters. The fourth-order valence-corrected chi connectivity index (χ4v) is 3.06. The summed E-state index contributed by atoms with van der Waals surface area (Å²) >= 11 is 20.4. The van der Waals surface area contributed by atoms with E-state index in [-0.39, 0.29) is 5.69 Å². The number of carboxylic acids is 1. The van der Waals surface area contributed by atoms with Crippen molar-refractivity contribution in [3.8, 4) is 11.8 Å². The summed E-state index contributed by atoms with van der Waals surface area (Å²) in [4.78, 5) is 7.44. The average molecular weight is 550 g/mol. The van der Waals surface area contributed by atoms with Gasteiger partial charge in [-0.15, -0.1) is 0 Å². The van der Waals surface area contributed by atoms with Crippen LogP contribution in [-0.4, -0.2) is 31.2 Å². The number of hydrogen-bond donors (Lipinski definition) is 2. The number of benzene rings is 1. The molecule has 0 aliphatic rings. The summed E-state index contributed by atoms with van der Waals surface area (Å²) in [6.45, 7) is 0. The molecule has 1 aromatic heterocycles. The van der Waals surface area contributed by atoms with E-state index in [4.69, 9.17) is 62.5 Å². The summed E-state index contributed by atoms with van der Waals surface area (Å²) in [6, 6.07) is 2.47. The second kappa shape index (κ2) is 10.3. The van der Waals surface area contributed by atoms with Gasteiger partial charge in [0.05, 0.1) is 20.5 Å². The molecule has 0 fully saturated rings. The third-order valence-corrected chi connectivity index (χ3v) is 4.73. The van der Waals surface area contributed by atoms with Crippen molar-refractivity contribution < 1.29 is 36.2 Å². The first-order chi connectivity index (χ1) is 14.0. The summed E-state index contributed by atoms with van der Waals surface area (Å²) in [5.74, 6) is -1.85. The van der Waals surface area contributed by atoms with Crippen molar-refractivity contribution in [2.24, 2.45) is 0 Å². The SMILES string of the molecule is N#Cc1nn(-c2c(Cl)cc(C(F)(F)F)cc2Cl)c(N)c1SC(F)(F)F.O=C(O)C(Cl)Cl. The van der Waals surface area contributed by atoms with E-state index in [0.29, 0.717) is 16.8 Å². The van der Waals surface area contributed by atoms with E-state index < -0.39 is 66.3 Å². The number of aliphatic carboxylic acids is 1. The molecule has 6 nitrogen and oxygen atoms in total. The van der Waals surface area contributed by atoms with Crippen molar-refractivity contribution in [3.05, 3.63) is 33.4 Å². The molecular weight excluding hydrogens is 544 g/mol. The van der Waals surface area contributed by atoms with Crippen LogP contribution in [0.4, 0.5) is 32.2 Å². The van der Waals surface area contributed by atoms with E-state index in [0.717, 1.165) is 0 Å². The Labute approximate surface area is 193 Å². The van der Waals surface area contributed by atoms with E-state index in [2.05, 4.69) is 5.10 Å². The Morgan fingerprint density at radius 1 is 1.19 bits per heavy atom. The lowest BCUT2D eigenvalue weighted by Crippen LogP contribution is -2.09. The maximum atomic E-state index is 12.7. The minimum Gasteiger partial charge on any atom is -0.479 e. The maximum absolute atomic E-state index is 12.7. The lowest BCUT2D eigenvalue weighted by Gasteiger charge is -2.13. The van der Waals surface area contributed by atoms with Crippen molar-refractivity contribution in [2.75, 3.05) is 5.73 Å². The molecular formula is C14H6Cl4F6N4O2S. The molecule has 0 aliphatic heterocycles. The Hall–Kier alpha value is -1.72. The number of carbonyl (C=O) groups is 1. The highest BCUT2D eigenvalue weighted by Gasteiger charge is 2.36. The zero-order valence-electron chi connectivity index (χ0n) is 14.2. The van der Waals surface area contributed by atoms with Gasteiger partial charge in [0.15, 0.2) is 5.69 Å². The van der Waals surface area contributed by atoms with Gasteiger partial charge in [-0.2, -0.15) is 36.7 Å². The predicted molar refractivity (Wildman–Crippen MR) is 103 cm³/mol. The number of nitrogens with zero attached hydrogens (tertiary/aromatic N) is 3. The molecule has 170 valence electrons. The minimum absolute atomic E-state index is 0.376. The van der Waals surface area contributed by atoms with Crippen molar-refractivity contribution in [3.63, 3.8) is 0 Å². The average Bonchev–Trinajstić information content (AvgIpc) is 2.88. The summed E-state index contributed by atoms with van der Waals surface area (Å²) < 4.78 is 76.5. The highest BCUT2D eigenvalue weighted by molar-refractivity contribution is 8.00. The fraction of sp³-hybridized carbons (Fsp3) is 0.214. The molecule has 3 N–H and O–H groups in total. The van der Waals surface area contributed by atoms with E-state index in [9.17, 15) is 31.1 Å². The zero-order chi connectivity index (χ0) is 24.3. The first kappa shape index (κ1) is 27.3. The molecule has 0 bridgehead atoms. The van der Waals surface area contributed by atoms with Crippen LogP contribution in [-0.2, 0) is 11.0 Å². The number of halogens is 10. The lowest BCUT2D eigenvalue weighted by molar-refractivity contribution is -0.137. The molecule has 2 aromatic rings. The van der Waals surface area contributed by atoms with Gasteiger partial charge in [-0.1, -0.05) is 46.4 Å². The summed E-state index contributed by atoms with van der Waals surface area (Å²) in [6.07, 6.45) is -4.74. The summed E-state index contributed by atoms with van der Waals surface area (Å²) in [5, 5.41) is 19.1. The molecule has 0 spiro atoms. The number of carboxylic acid groups (broad SMARTS) is 1. The number of aromatic nitrogens is 2. The Morgan fingerprint density at radius 2 is 1.65 bits per heavy atom. The van der Waals surface area contributed by atoms with E-state index in [1.54, 1.807) is 0 Å². The standard InChI is InChI=1S/C12H4Cl2F6N4S.C2H2Cl2O2/c13-5-1-4(11(15,16)17)2-6(14)8(5)24-10(22)9(7(3-21)23-24)25-12(18,19)20;3-1(4)2(5)6/h1-2H,22H2;1H,(H,5,6). The Balaban J connectivity index is 0.000000703. The molecule has 0 saturated carbocycles. The van der Waals surface area contributed by atoms with Gasteiger partial charge in [0.2, 0.25) is 4.84 Å². The molecule has 0 radical (unpaired) electrons. The van der Waals surface area contributed by atoms with Gasteiger partial charge in [0.25, 0.3) is 0 Å². The number of nitrogens with two attached hydrogens (primary N) is 1.